The molecule has 4 amide bonds. The fourth-order valence-corrected chi connectivity index (χ4v) is 6.54. The van der Waals surface area contributed by atoms with E-state index in [1.54, 1.807) is 6.92 Å². The van der Waals surface area contributed by atoms with Gasteiger partial charge in [0.2, 0.25) is 23.6 Å². The number of epoxide rings is 1. The Kier molecular flexibility index (Phi) is 17.3. The molecule has 0 aliphatic carbocycles. The van der Waals surface area contributed by atoms with Crippen LogP contribution in [0.3, 0.4) is 0 Å². The van der Waals surface area contributed by atoms with Gasteiger partial charge < -0.3 is 35.5 Å². The van der Waals surface area contributed by atoms with Crippen LogP contribution in [0.5, 0.6) is 0 Å². The first kappa shape index (κ1) is 43.6. The number of hydrogen-bond acceptors (Lipinski definition) is 9. The number of rotatable bonds is 23. The second kappa shape index (κ2) is 21.8. The lowest BCUT2D eigenvalue weighted by Crippen LogP contribution is -2.59. The highest BCUT2D eigenvalue weighted by molar-refractivity contribution is 5.98. The van der Waals surface area contributed by atoms with E-state index in [4.69, 9.17) is 14.2 Å². The van der Waals surface area contributed by atoms with Crippen LogP contribution in [0, 0.1) is 11.8 Å². The first-order chi connectivity index (χ1) is 26.3. The SMILES string of the molecule is CC(C)CC(NC(=O)[C@H](CCc1ccccc1)NC(=O)COCCN1CCOCC1)C(=O)N[C@@H](Cc1ccccc1)C(=O)NC(CC(C)C)C(=O)[C@]1(C)CO1. The third-order valence-corrected chi connectivity index (χ3v) is 9.80. The lowest BCUT2D eigenvalue weighted by Gasteiger charge is -2.28. The molecule has 2 unspecified atom stereocenters. The summed E-state index contributed by atoms with van der Waals surface area (Å²) < 4.78 is 16.5. The lowest BCUT2D eigenvalue weighted by molar-refractivity contribution is -0.135. The molecule has 2 aliphatic heterocycles. The van der Waals surface area contributed by atoms with E-state index in [0.29, 0.717) is 52.2 Å². The number of ether oxygens (including phenoxy) is 3. The molecule has 0 aromatic heterocycles. The van der Waals surface area contributed by atoms with Crippen molar-refractivity contribution in [1.82, 2.24) is 26.2 Å². The molecule has 2 heterocycles. The zero-order chi connectivity index (χ0) is 39.8. The molecule has 13 nitrogen and oxygen atoms in total. The van der Waals surface area contributed by atoms with E-state index >= 15 is 0 Å². The van der Waals surface area contributed by atoms with E-state index in [-0.39, 0.29) is 37.1 Å². The van der Waals surface area contributed by atoms with E-state index in [1.807, 2.05) is 88.4 Å². The molecule has 0 spiro atoms. The maximum absolute atomic E-state index is 14.1. The van der Waals surface area contributed by atoms with Crippen molar-refractivity contribution in [3.05, 3.63) is 71.8 Å². The minimum Gasteiger partial charge on any atom is -0.379 e. The highest BCUT2D eigenvalue weighted by Gasteiger charge is 2.50. The fraction of sp³-hybridized carbons (Fsp3) is 0.595. The number of morpholine rings is 1. The molecule has 55 heavy (non-hydrogen) atoms. The number of hydrogen-bond donors (Lipinski definition) is 4. The summed E-state index contributed by atoms with van der Waals surface area (Å²) in [5, 5.41) is 11.5. The number of Topliss-reactive ketones (excluding diaryl/α,β-unsaturated/α-hetero) is 1. The van der Waals surface area contributed by atoms with Crippen LogP contribution in [0.4, 0.5) is 0 Å². The number of nitrogens with zero attached hydrogens (tertiary/aromatic N) is 1. The molecule has 4 rings (SSSR count). The molecule has 2 aromatic rings. The maximum atomic E-state index is 14.1. The van der Waals surface area contributed by atoms with E-state index in [9.17, 15) is 24.0 Å². The van der Waals surface area contributed by atoms with Crippen LogP contribution in [0.15, 0.2) is 60.7 Å². The summed E-state index contributed by atoms with van der Waals surface area (Å²) in [5.74, 6) is -2.07. The van der Waals surface area contributed by atoms with Gasteiger partial charge in [0.15, 0.2) is 5.78 Å². The van der Waals surface area contributed by atoms with Crippen LogP contribution in [0.2, 0.25) is 0 Å². The largest absolute Gasteiger partial charge is 0.379 e. The third-order valence-electron chi connectivity index (χ3n) is 9.80. The number of nitrogens with one attached hydrogen (secondary N) is 4. The third kappa shape index (κ3) is 15.1. The minimum atomic E-state index is -1.04. The zero-order valence-electron chi connectivity index (χ0n) is 33.1. The Bertz CT molecular complexity index is 1530. The molecule has 0 radical (unpaired) electrons. The van der Waals surface area contributed by atoms with Gasteiger partial charge in [-0.05, 0) is 55.6 Å². The average Bonchev–Trinajstić information content (AvgIpc) is 3.92. The van der Waals surface area contributed by atoms with Gasteiger partial charge in [-0.25, -0.2) is 0 Å². The molecule has 5 atom stereocenters. The van der Waals surface area contributed by atoms with E-state index < -0.39 is 53.4 Å². The second-order valence-corrected chi connectivity index (χ2v) is 15.7. The van der Waals surface area contributed by atoms with Gasteiger partial charge in [-0.1, -0.05) is 88.4 Å². The highest BCUT2D eigenvalue weighted by atomic mass is 16.6. The number of amides is 4. The van der Waals surface area contributed by atoms with Crippen molar-refractivity contribution in [2.24, 2.45) is 11.8 Å². The van der Waals surface area contributed by atoms with Crippen molar-refractivity contribution in [2.45, 2.75) is 96.5 Å². The summed E-state index contributed by atoms with van der Waals surface area (Å²) in [7, 11) is 0. The Labute approximate surface area is 326 Å². The van der Waals surface area contributed by atoms with Gasteiger partial charge in [-0.15, -0.1) is 0 Å². The van der Waals surface area contributed by atoms with Gasteiger partial charge in [0.05, 0.1) is 32.5 Å². The van der Waals surface area contributed by atoms with Crippen LogP contribution in [0.1, 0.15) is 65.0 Å². The average molecular weight is 764 g/mol. The zero-order valence-corrected chi connectivity index (χ0v) is 33.1. The summed E-state index contributed by atoms with van der Waals surface area (Å²) in [6.07, 6.45) is 1.66. The molecule has 13 heteroatoms. The fourth-order valence-electron chi connectivity index (χ4n) is 6.54. The molecule has 4 N–H and O–H groups in total. The van der Waals surface area contributed by atoms with Crippen LogP contribution >= 0.6 is 0 Å². The van der Waals surface area contributed by atoms with Crippen molar-refractivity contribution in [3.8, 4) is 0 Å². The van der Waals surface area contributed by atoms with Crippen molar-refractivity contribution in [3.63, 3.8) is 0 Å². The second-order valence-electron chi connectivity index (χ2n) is 15.7. The van der Waals surface area contributed by atoms with Gasteiger partial charge in [0.25, 0.3) is 0 Å². The molecular formula is C42H61N5O8. The molecule has 0 bridgehead atoms. The topological polar surface area (TPSA) is 168 Å². The van der Waals surface area contributed by atoms with Crippen LogP contribution in [-0.4, -0.2) is 117 Å². The van der Waals surface area contributed by atoms with Gasteiger partial charge in [0, 0.05) is 26.1 Å². The van der Waals surface area contributed by atoms with Crippen LogP contribution < -0.4 is 21.3 Å². The molecule has 2 saturated heterocycles. The quantitative estimate of drug-likeness (QED) is 0.0983. The Morgan fingerprint density at radius 3 is 1.85 bits per heavy atom. The van der Waals surface area contributed by atoms with Gasteiger partial charge in [-0.2, -0.15) is 0 Å². The highest BCUT2D eigenvalue weighted by Crippen LogP contribution is 2.29. The van der Waals surface area contributed by atoms with Gasteiger partial charge >= 0.3 is 0 Å². The Morgan fingerprint density at radius 2 is 1.25 bits per heavy atom. The first-order valence-electron chi connectivity index (χ1n) is 19.7. The van der Waals surface area contributed by atoms with E-state index in [1.165, 1.54) is 0 Å². The summed E-state index contributed by atoms with van der Waals surface area (Å²) in [6.45, 7) is 13.6. The monoisotopic (exact) mass is 763 g/mol. The van der Waals surface area contributed by atoms with Crippen LogP contribution in [0.25, 0.3) is 0 Å². The Hall–Kier alpha value is -4.17. The van der Waals surface area contributed by atoms with Crippen molar-refractivity contribution >= 4 is 29.4 Å². The van der Waals surface area contributed by atoms with E-state index in [0.717, 1.165) is 24.2 Å². The van der Waals surface area contributed by atoms with Crippen molar-refractivity contribution < 1.29 is 38.2 Å². The van der Waals surface area contributed by atoms with Gasteiger partial charge in [-0.3, -0.25) is 28.9 Å². The summed E-state index contributed by atoms with van der Waals surface area (Å²) >= 11 is 0. The number of aryl methyl sites for hydroxylation is 1. The number of ketones is 1. The molecule has 0 saturated carbocycles. The van der Waals surface area contributed by atoms with Crippen molar-refractivity contribution in [1.29, 1.82) is 0 Å². The number of benzene rings is 2. The van der Waals surface area contributed by atoms with E-state index in [2.05, 4.69) is 26.2 Å². The summed E-state index contributed by atoms with van der Waals surface area (Å²) in [4.78, 5) is 70.7. The summed E-state index contributed by atoms with van der Waals surface area (Å²) in [5.41, 5.74) is 0.880. The molecular weight excluding hydrogens is 702 g/mol. The molecule has 2 fully saturated rings. The molecule has 2 aromatic carbocycles. The maximum Gasteiger partial charge on any atom is 0.246 e. The predicted octanol–water partition coefficient (Wildman–Crippen LogP) is 2.60. The predicted molar refractivity (Wildman–Crippen MR) is 209 cm³/mol. The van der Waals surface area contributed by atoms with Crippen molar-refractivity contribution in [2.75, 3.05) is 52.7 Å². The van der Waals surface area contributed by atoms with Crippen LogP contribution in [-0.2, 0) is 51.0 Å². The molecule has 2 aliphatic rings. The standard InChI is InChI=1S/C42H61N5O8/c1-29(2)24-34(38(49)42(5)28-55-42)44-41(52)36(26-32-14-10-7-11-15-32)46-40(51)35(25-30(3)4)45-39(50)33(17-16-31-12-8-6-9-13-31)43-37(48)27-54-23-20-47-18-21-53-22-19-47/h6-15,29-30,33-36H,16-28H2,1-5H3,(H,43,48)(H,44,52)(H,45,50)(H,46,51)/t33-,34?,35?,36-,42-/m0/s1. The lowest BCUT2D eigenvalue weighted by atomic mass is 9.93. The normalized spacial score (nSPS) is 19.2. The summed E-state index contributed by atoms with van der Waals surface area (Å²) in [6, 6.07) is 15.1. The molecule has 302 valence electrons. The first-order valence-corrected chi connectivity index (χ1v) is 19.7. The number of carbonyl (C=O) groups is 5. The van der Waals surface area contributed by atoms with Gasteiger partial charge in [0.1, 0.15) is 30.3 Å². The Morgan fingerprint density at radius 1 is 0.727 bits per heavy atom. The Balaban J connectivity index is 1.46. The smallest absolute Gasteiger partial charge is 0.246 e. The minimum absolute atomic E-state index is 0.00186. The number of carbonyl (C=O) groups excluding carboxylic acids is 5.